The van der Waals surface area contributed by atoms with Gasteiger partial charge in [0.05, 0.1) is 7.11 Å². The quantitative estimate of drug-likeness (QED) is 0.705. The van der Waals surface area contributed by atoms with Crippen LogP contribution in [0.1, 0.15) is 43.0 Å². The second-order valence-electron chi connectivity index (χ2n) is 5.31. The third kappa shape index (κ3) is 3.05. The monoisotopic (exact) mass is 314 g/mol. The molecule has 1 atom stereocenters. The molecule has 3 heteroatoms. The fourth-order valence-corrected chi connectivity index (χ4v) is 3.59. The van der Waals surface area contributed by atoms with Crippen LogP contribution in [0.15, 0.2) is 18.2 Å². The van der Waals surface area contributed by atoms with E-state index in [-0.39, 0.29) is 10.6 Å². The first kappa shape index (κ1) is 13.9. The maximum atomic E-state index is 14.0. The molecule has 0 saturated heterocycles. The van der Waals surface area contributed by atoms with Gasteiger partial charge in [-0.05, 0) is 30.7 Å². The van der Waals surface area contributed by atoms with Crippen LogP contribution >= 0.6 is 15.9 Å². The molecular formula is C15H20BrFO. The van der Waals surface area contributed by atoms with Crippen LogP contribution in [0.3, 0.4) is 0 Å². The summed E-state index contributed by atoms with van der Waals surface area (Å²) in [7, 11) is 1.56. The van der Waals surface area contributed by atoms with Crippen molar-refractivity contribution in [3.63, 3.8) is 0 Å². The predicted octanol–water partition coefficient (Wildman–Crippen LogP) is 5.10. The Morgan fingerprint density at radius 3 is 2.50 bits per heavy atom. The molecule has 1 aliphatic carbocycles. The predicted molar refractivity (Wildman–Crippen MR) is 75.7 cm³/mol. The van der Waals surface area contributed by atoms with Crippen molar-refractivity contribution < 1.29 is 9.13 Å². The minimum absolute atomic E-state index is 0.121. The number of benzene rings is 1. The van der Waals surface area contributed by atoms with Gasteiger partial charge in [0.2, 0.25) is 0 Å². The molecule has 2 rings (SSSR count). The van der Waals surface area contributed by atoms with E-state index in [0.29, 0.717) is 11.7 Å². The lowest BCUT2D eigenvalue weighted by Gasteiger charge is -2.30. The van der Waals surface area contributed by atoms with Crippen molar-refractivity contribution in [3.05, 3.63) is 29.6 Å². The van der Waals surface area contributed by atoms with Crippen LogP contribution in [0.4, 0.5) is 4.39 Å². The highest BCUT2D eigenvalue weighted by molar-refractivity contribution is 9.09. The summed E-state index contributed by atoms with van der Waals surface area (Å²) in [6.45, 7) is 2.30. The number of hydrogen-bond acceptors (Lipinski definition) is 1. The molecule has 1 aromatic carbocycles. The summed E-state index contributed by atoms with van der Waals surface area (Å²) in [5.41, 5.74) is 0.760. The number of ether oxygens (including phenoxy) is 1. The molecule has 1 fully saturated rings. The van der Waals surface area contributed by atoms with Crippen molar-refractivity contribution in [1.82, 2.24) is 0 Å². The van der Waals surface area contributed by atoms with E-state index in [2.05, 4.69) is 22.9 Å². The lowest BCUT2D eigenvalue weighted by Crippen LogP contribution is -2.17. The molecule has 0 aromatic heterocycles. The normalized spacial score (nSPS) is 25.8. The highest BCUT2D eigenvalue weighted by Crippen LogP contribution is 2.42. The molecule has 0 radical (unpaired) electrons. The molecule has 1 aliphatic rings. The summed E-state index contributed by atoms with van der Waals surface area (Å²) in [4.78, 5) is 0.121. The van der Waals surface area contributed by atoms with Gasteiger partial charge in [0.1, 0.15) is 11.6 Å². The molecule has 100 valence electrons. The number of halogens is 2. The lowest BCUT2D eigenvalue weighted by atomic mass is 9.80. The topological polar surface area (TPSA) is 9.23 Å². The van der Waals surface area contributed by atoms with Gasteiger partial charge < -0.3 is 4.74 Å². The number of methoxy groups -OCH3 is 1. The van der Waals surface area contributed by atoms with Crippen molar-refractivity contribution >= 4 is 15.9 Å². The van der Waals surface area contributed by atoms with Gasteiger partial charge in [-0.1, -0.05) is 41.8 Å². The third-order valence-electron chi connectivity index (χ3n) is 3.98. The molecule has 0 amide bonds. The second-order valence-corrected chi connectivity index (χ2v) is 6.30. The first-order valence-electron chi connectivity index (χ1n) is 6.59. The summed E-state index contributed by atoms with van der Waals surface area (Å²) in [5.74, 6) is 1.77. The van der Waals surface area contributed by atoms with Crippen LogP contribution in [0.25, 0.3) is 0 Å². The zero-order valence-corrected chi connectivity index (χ0v) is 12.5. The zero-order valence-electron chi connectivity index (χ0n) is 11.0. The molecule has 0 aliphatic heterocycles. The maximum Gasteiger partial charge on any atom is 0.131 e. The smallest absolute Gasteiger partial charge is 0.131 e. The number of hydrogen-bond donors (Lipinski definition) is 0. The van der Waals surface area contributed by atoms with Gasteiger partial charge in [0, 0.05) is 16.5 Å². The van der Waals surface area contributed by atoms with E-state index in [1.54, 1.807) is 7.11 Å². The van der Waals surface area contributed by atoms with Gasteiger partial charge in [-0.25, -0.2) is 4.39 Å². The summed E-state index contributed by atoms with van der Waals surface area (Å²) in [6, 6.07) is 5.14. The highest BCUT2D eigenvalue weighted by atomic mass is 79.9. The lowest BCUT2D eigenvalue weighted by molar-refractivity contribution is 0.285. The van der Waals surface area contributed by atoms with Crippen LogP contribution in [-0.2, 0) is 0 Å². The Bertz CT molecular complexity index is 399. The average molecular weight is 315 g/mol. The van der Waals surface area contributed by atoms with Crippen LogP contribution in [0.5, 0.6) is 5.75 Å². The number of rotatable bonds is 3. The SMILES string of the molecule is COc1ccc(C(Br)C2CCC(C)CC2)c(F)c1. The molecule has 0 N–H and O–H groups in total. The van der Waals surface area contributed by atoms with Gasteiger partial charge in [-0.15, -0.1) is 0 Å². The van der Waals surface area contributed by atoms with Crippen molar-refractivity contribution in [2.45, 2.75) is 37.4 Å². The van der Waals surface area contributed by atoms with E-state index >= 15 is 0 Å². The van der Waals surface area contributed by atoms with Gasteiger partial charge in [-0.3, -0.25) is 0 Å². The Balaban J connectivity index is 2.11. The largest absolute Gasteiger partial charge is 0.497 e. The van der Waals surface area contributed by atoms with Gasteiger partial charge in [0.25, 0.3) is 0 Å². The minimum Gasteiger partial charge on any atom is -0.497 e. The summed E-state index contributed by atoms with van der Waals surface area (Å²) in [5, 5.41) is 0. The molecule has 0 spiro atoms. The molecule has 1 aromatic rings. The summed E-state index contributed by atoms with van der Waals surface area (Å²) in [6.07, 6.45) is 4.88. The van der Waals surface area contributed by atoms with E-state index in [1.165, 1.54) is 31.7 Å². The average Bonchev–Trinajstić information content (AvgIpc) is 2.38. The van der Waals surface area contributed by atoms with Gasteiger partial charge in [-0.2, -0.15) is 0 Å². The Morgan fingerprint density at radius 2 is 1.94 bits per heavy atom. The standard InChI is InChI=1S/C15H20BrFO/c1-10-3-5-11(6-4-10)15(16)13-8-7-12(18-2)9-14(13)17/h7-11,15H,3-6H2,1-2H3. The van der Waals surface area contributed by atoms with E-state index in [0.717, 1.165) is 11.5 Å². The zero-order chi connectivity index (χ0) is 13.1. The van der Waals surface area contributed by atoms with E-state index in [1.807, 2.05) is 12.1 Å². The maximum absolute atomic E-state index is 14.0. The van der Waals surface area contributed by atoms with E-state index < -0.39 is 0 Å². The Labute approximate surface area is 117 Å². The second kappa shape index (κ2) is 6.05. The van der Waals surface area contributed by atoms with Crippen molar-refractivity contribution in [2.75, 3.05) is 7.11 Å². The molecular weight excluding hydrogens is 295 g/mol. The highest BCUT2D eigenvalue weighted by Gasteiger charge is 2.27. The summed E-state index contributed by atoms with van der Waals surface area (Å²) < 4.78 is 19.0. The van der Waals surface area contributed by atoms with E-state index in [4.69, 9.17) is 4.74 Å². The van der Waals surface area contributed by atoms with Crippen molar-refractivity contribution in [2.24, 2.45) is 11.8 Å². The van der Waals surface area contributed by atoms with Gasteiger partial charge >= 0.3 is 0 Å². The molecule has 18 heavy (non-hydrogen) atoms. The Kier molecular flexibility index (Phi) is 4.66. The Morgan fingerprint density at radius 1 is 1.28 bits per heavy atom. The number of alkyl halides is 1. The minimum atomic E-state index is -0.171. The van der Waals surface area contributed by atoms with Crippen LogP contribution in [0.2, 0.25) is 0 Å². The van der Waals surface area contributed by atoms with Crippen molar-refractivity contribution in [3.8, 4) is 5.75 Å². The van der Waals surface area contributed by atoms with Gasteiger partial charge in [0.15, 0.2) is 0 Å². The summed E-state index contributed by atoms with van der Waals surface area (Å²) >= 11 is 3.68. The fourth-order valence-electron chi connectivity index (χ4n) is 2.69. The fraction of sp³-hybridized carbons (Fsp3) is 0.600. The first-order valence-corrected chi connectivity index (χ1v) is 7.51. The molecule has 1 nitrogen and oxygen atoms in total. The van der Waals surface area contributed by atoms with Crippen molar-refractivity contribution in [1.29, 1.82) is 0 Å². The third-order valence-corrected chi connectivity index (χ3v) is 5.22. The molecule has 1 unspecified atom stereocenters. The van der Waals surface area contributed by atoms with Crippen LogP contribution < -0.4 is 4.74 Å². The van der Waals surface area contributed by atoms with Crippen LogP contribution in [0, 0.1) is 17.7 Å². The van der Waals surface area contributed by atoms with E-state index in [9.17, 15) is 4.39 Å². The molecule has 0 bridgehead atoms. The first-order chi connectivity index (χ1) is 8.61. The Hall–Kier alpha value is -0.570. The molecule has 1 saturated carbocycles. The molecule has 0 heterocycles. The van der Waals surface area contributed by atoms with Crippen LogP contribution in [-0.4, -0.2) is 7.11 Å².